The van der Waals surface area contributed by atoms with Gasteiger partial charge in [-0.1, -0.05) is 27.7 Å². The van der Waals surface area contributed by atoms with E-state index in [0.29, 0.717) is 5.92 Å². The van der Waals surface area contributed by atoms with Crippen LogP contribution >= 0.6 is 0 Å². The minimum Gasteiger partial charge on any atom is -0.394 e. The van der Waals surface area contributed by atoms with E-state index in [1.807, 2.05) is 0 Å². The lowest BCUT2D eigenvalue weighted by molar-refractivity contribution is 0.0918. The van der Waals surface area contributed by atoms with Gasteiger partial charge in [-0.15, -0.1) is 0 Å². The molecule has 1 rings (SSSR count). The Morgan fingerprint density at radius 2 is 1.57 bits per heavy atom. The molecular weight excluding hydrogens is 262 g/mol. The van der Waals surface area contributed by atoms with Crippen LogP contribution in [0.3, 0.4) is 0 Å². The van der Waals surface area contributed by atoms with Gasteiger partial charge in [0, 0.05) is 6.54 Å². The van der Waals surface area contributed by atoms with E-state index in [-0.39, 0.29) is 12.1 Å². The molecule has 0 heterocycles. The summed E-state index contributed by atoms with van der Waals surface area (Å²) in [5.41, 5.74) is -0.0695. The van der Waals surface area contributed by atoms with Crippen LogP contribution < -0.4 is 5.32 Å². The van der Waals surface area contributed by atoms with Crippen molar-refractivity contribution in [3.63, 3.8) is 0 Å². The number of nitrogens with zero attached hydrogens (tertiary/aromatic N) is 2. The minimum atomic E-state index is -0.0695. The quantitative estimate of drug-likeness (QED) is 0.544. The van der Waals surface area contributed by atoms with Crippen LogP contribution in [0, 0.1) is 5.92 Å². The maximum atomic E-state index is 9.95. The molecule has 0 aliphatic heterocycles. The lowest BCUT2D eigenvalue weighted by atomic mass is 9.93. The first-order chi connectivity index (χ1) is 10.2. The fraction of sp³-hybridized carbons (Fsp3) is 1.00. The molecule has 1 aliphatic rings. The number of aliphatic hydroxyl groups is 1. The maximum absolute atomic E-state index is 9.95. The Bertz CT molecular complexity index is 267. The molecule has 0 aromatic carbocycles. The lowest BCUT2D eigenvalue weighted by Crippen LogP contribution is -2.58. The first-order valence-electron chi connectivity index (χ1n) is 8.96. The van der Waals surface area contributed by atoms with Crippen molar-refractivity contribution in [2.24, 2.45) is 5.92 Å². The molecule has 1 aliphatic carbocycles. The third kappa shape index (κ3) is 5.85. The second kappa shape index (κ2) is 9.78. The number of hydrogen-bond acceptors (Lipinski definition) is 4. The maximum Gasteiger partial charge on any atom is 0.0628 e. The van der Waals surface area contributed by atoms with Crippen LogP contribution in [-0.2, 0) is 0 Å². The molecule has 4 heteroatoms. The number of rotatable bonds is 13. The Morgan fingerprint density at radius 1 is 1.00 bits per heavy atom. The molecule has 1 unspecified atom stereocenters. The second-order valence-corrected chi connectivity index (χ2v) is 6.37. The van der Waals surface area contributed by atoms with Gasteiger partial charge in [-0.05, 0) is 64.4 Å². The van der Waals surface area contributed by atoms with Gasteiger partial charge in [0.15, 0.2) is 0 Å². The summed E-state index contributed by atoms with van der Waals surface area (Å²) >= 11 is 0. The van der Waals surface area contributed by atoms with Crippen molar-refractivity contribution in [2.75, 3.05) is 52.4 Å². The van der Waals surface area contributed by atoms with E-state index in [4.69, 9.17) is 0 Å². The van der Waals surface area contributed by atoms with Gasteiger partial charge in [0.25, 0.3) is 0 Å². The average molecular weight is 300 g/mol. The van der Waals surface area contributed by atoms with Crippen molar-refractivity contribution in [1.82, 2.24) is 15.1 Å². The molecule has 21 heavy (non-hydrogen) atoms. The van der Waals surface area contributed by atoms with E-state index in [9.17, 15) is 5.11 Å². The number of likely N-dealkylation sites (N-methyl/N-ethyl adjacent to an activating group) is 2. The number of hydrogen-bond donors (Lipinski definition) is 2. The fourth-order valence-corrected chi connectivity index (χ4v) is 3.36. The highest BCUT2D eigenvalue weighted by Crippen LogP contribution is 2.40. The van der Waals surface area contributed by atoms with E-state index < -0.39 is 0 Å². The summed E-state index contributed by atoms with van der Waals surface area (Å²) in [6, 6.07) is 0. The van der Waals surface area contributed by atoms with Gasteiger partial charge in [-0.2, -0.15) is 0 Å². The van der Waals surface area contributed by atoms with E-state index in [1.165, 1.54) is 25.8 Å². The molecule has 1 atom stereocenters. The second-order valence-electron chi connectivity index (χ2n) is 6.37. The molecule has 4 nitrogen and oxygen atoms in total. The zero-order chi connectivity index (χ0) is 15.7. The van der Waals surface area contributed by atoms with E-state index >= 15 is 0 Å². The summed E-state index contributed by atoms with van der Waals surface area (Å²) in [6.07, 6.45) is 3.75. The predicted molar refractivity (Wildman–Crippen MR) is 90.7 cm³/mol. The molecule has 0 radical (unpaired) electrons. The molecule has 0 bridgehead atoms. The fourth-order valence-electron chi connectivity index (χ4n) is 3.36. The van der Waals surface area contributed by atoms with Crippen molar-refractivity contribution < 1.29 is 5.11 Å². The van der Waals surface area contributed by atoms with Gasteiger partial charge in [0.1, 0.15) is 0 Å². The highest BCUT2D eigenvalue weighted by Gasteiger charge is 2.44. The topological polar surface area (TPSA) is 38.7 Å². The molecular formula is C17H37N3O. The number of nitrogens with one attached hydrogen (secondary N) is 1. The van der Waals surface area contributed by atoms with Crippen LogP contribution in [0.1, 0.15) is 47.0 Å². The zero-order valence-corrected chi connectivity index (χ0v) is 14.7. The Morgan fingerprint density at radius 3 is 2.00 bits per heavy atom. The van der Waals surface area contributed by atoms with Gasteiger partial charge in [-0.25, -0.2) is 0 Å². The Kier molecular flexibility index (Phi) is 8.79. The molecule has 0 aromatic heterocycles. The Labute approximate surface area is 131 Å². The lowest BCUT2D eigenvalue weighted by Gasteiger charge is -2.38. The largest absolute Gasteiger partial charge is 0.394 e. The van der Waals surface area contributed by atoms with E-state index in [0.717, 1.165) is 39.3 Å². The van der Waals surface area contributed by atoms with E-state index in [2.05, 4.69) is 42.8 Å². The predicted octanol–water partition coefficient (Wildman–Crippen LogP) is 1.79. The molecule has 1 fully saturated rings. The third-order valence-corrected chi connectivity index (χ3v) is 4.97. The summed E-state index contributed by atoms with van der Waals surface area (Å²) in [5.74, 6) is 0.666. The molecule has 0 spiro atoms. The molecule has 2 N–H and O–H groups in total. The van der Waals surface area contributed by atoms with Crippen molar-refractivity contribution in [3.8, 4) is 0 Å². The average Bonchev–Trinajstić information content (AvgIpc) is 3.34. The van der Waals surface area contributed by atoms with Crippen LogP contribution in [0.2, 0.25) is 0 Å². The SMILES string of the molecule is CCNC(CO)(CN(CC)CCCN(CC)CC)C1CC1. The first-order valence-corrected chi connectivity index (χ1v) is 8.96. The number of aliphatic hydroxyl groups excluding tert-OH is 1. The molecule has 126 valence electrons. The summed E-state index contributed by atoms with van der Waals surface area (Å²) in [6.45, 7) is 16.7. The van der Waals surface area contributed by atoms with Crippen molar-refractivity contribution in [1.29, 1.82) is 0 Å². The van der Waals surface area contributed by atoms with Crippen LogP contribution in [0.4, 0.5) is 0 Å². The van der Waals surface area contributed by atoms with Gasteiger partial charge in [0.05, 0.1) is 12.1 Å². The summed E-state index contributed by atoms with van der Waals surface area (Å²) in [4.78, 5) is 5.00. The minimum absolute atomic E-state index is 0.0695. The van der Waals surface area contributed by atoms with E-state index in [1.54, 1.807) is 0 Å². The van der Waals surface area contributed by atoms with Crippen LogP contribution in [0.5, 0.6) is 0 Å². The van der Waals surface area contributed by atoms with Crippen LogP contribution in [-0.4, -0.2) is 72.9 Å². The highest BCUT2D eigenvalue weighted by molar-refractivity contribution is 5.02. The first kappa shape index (κ1) is 18.9. The third-order valence-electron chi connectivity index (χ3n) is 4.97. The van der Waals surface area contributed by atoms with Crippen molar-refractivity contribution in [2.45, 2.75) is 52.5 Å². The van der Waals surface area contributed by atoms with Crippen molar-refractivity contribution >= 4 is 0 Å². The Balaban J connectivity index is 2.46. The molecule has 0 aromatic rings. The Hall–Kier alpha value is -0.160. The molecule has 1 saturated carbocycles. The molecule has 0 saturated heterocycles. The van der Waals surface area contributed by atoms with Gasteiger partial charge in [-0.3, -0.25) is 0 Å². The summed E-state index contributed by atoms with van der Waals surface area (Å²) in [5, 5.41) is 13.5. The normalized spacial score (nSPS) is 18.4. The van der Waals surface area contributed by atoms with Crippen molar-refractivity contribution in [3.05, 3.63) is 0 Å². The smallest absolute Gasteiger partial charge is 0.0628 e. The highest BCUT2D eigenvalue weighted by atomic mass is 16.3. The monoisotopic (exact) mass is 299 g/mol. The summed E-state index contributed by atoms with van der Waals surface area (Å²) < 4.78 is 0. The van der Waals surface area contributed by atoms with Gasteiger partial charge >= 0.3 is 0 Å². The zero-order valence-electron chi connectivity index (χ0n) is 14.7. The van der Waals surface area contributed by atoms with Crippen LogP contribution in [0.25, 0.3) is 0 Å². The van der Waals surface area contributed by atoms with Crippen LogP contribution in [0.15, 0.2) is 0 Å². The molecule has 0 amide bonds. The van der Waals surface area contributed by atoms with Gasteiger partial charge < -0.3 is 20.2 Å². The summed E-state index contributed by atoms with van der Waals surface area (Å²) in [7, 11) is 0. The van der Waals surface area contributed by atoms with Gasteiger partial charge in [0.2, 0.25) is 0 Å². The standard InChI is InChI=1S/C17H37N3O/c1-5-18-17(15-21,16-10-11-16)14-20(8-4)13-9-12-19(6-2)7-3/h16,18,21H,5-15H2,1-4H3.